The van der Waals surface area contributed by atoms with Gasteiger partial charge in [-0.15, -0.1) is 0 Å². The number of allylic oxidation sites excluding steroid dienone is 1. The van der Waals surface area contributed by atoms with Gasteiger partial charge in [0, 0.05) is 24.4 Å². The van der Waals surface area contributed by atoms with E-state index in [1.54, 1.807) is 6.20 Å². The second kappa shape index (κ2) is 5.98. The van der Waals surface area contributed by atoms with Crippen LogP contribution < -0.4 is 10.5 Å². The highest BCUT2D eigenvalue weighted by molar-refractivity contribution is 5.57. The van der Waals surface area contributed by atoms with Crippen LogP contribution in [0.2, 0.25) is 0 Å². The molecular formula is C15H16N2O. The Bertz CT molecular complexity index is 550. The average molecular weight is 240 g/mol. The van der Waals surface area contributed by atoms with Crippen LogP contribution in [0.25, 0.3) is 6.08 Å². The molecule has 18 heavy (non-hydrogen) atoms. The van der Waals surface area contributed by atoms with Crippen molar-refractivity contribution in [3.05, 3.63) is 59.8 Å². The largest absolute Gasteiger partial charge is 0.438 e. The Morgan fingerprint density at radius 1 is 1.28 bits per heavy atom. The fourth-order valence-electron chi connectivity index (χ4n) is 1.64. The molecule has 0 bridgehead atoms. The lowest BCUT2D eigenvalue weighted by Crippen LogP contribution is -1.97. The summed E-state index contributed by atoms with van der Waals surface area (Å²) in [6.45, 7) is 2.46. The lowest BCUT2D eigenvalue weighted by molar-refractivity contribution is 0.461. The highest BCUT2D eigenvalue weighted by atomic mass is 16.5. The third-order valence-electron chi connectivity index (χ3n) is 2.51. The monoisotopic (exact) mass is 240 g/mol. The maximum atomic E-state index is 5.79. The van der Waals surface area contributed by atoms with Crippen molar-refractivity contribution < 1.29 is 4.74 Å². The minimum Gasteiger partial charge on any atom is -0.438 e. The topological polar surface area (TPSA) is 48.1 Å². The molecule has 0 aliphatic rings. The van der Waals surface area contributed by atoms with Gasteiger partial charge in [0.25, 0.3) is 0 Å². The van der Waals surface area contributed by atoms with Crippen LogP contribution in [-0.2, 0) is 6.54 Å². The van der Waals surface area contributed by atoms with Crippen LogP contribution in [0.4, 0.5) is 0 Å². The van der Waals surface area contributed by atoms with E-state index in [1.165, 1.54) is 0 Å². The second-order valence-corrected chi connectivity index (χ2v) is 3.85. The summed E-state index contributed by atoms with van der Waals surface area (Å²) < 4.78 is 5.79. The van der Waals surface area contributed by atoms with Crippen LogP contribution in [0.5, 0.6) is 11.6 Å². The molecule has 2 aromatic rings. The van der Waals surface area contributed by atoms with Gasteiger partial charge in [0.2, 0.25) is 5.88 Å². The molecule has 0 aliphatic carbocycles. The van der Waals surface area contributed by atoms with Gasteiger partial charge in [0.15, 0.2) is 0 Å². The molecule has 0 spiro atoms. The highest BCUT2D eigenvalue weighted by Crippen LogP contribution is 2.25. The maximum Gasteiger partial charge on any atom is 0.219 e. The summed E-state index contributed by atoms with van der Waals surface area (Å²) in [4.78, 5) is 4.18. The Morgan fingerprint density at radius 3 is 2.89 bits per heavy atom. The minimum absolute atomic E-state index is 0.482. The molecule has 0 saturated heterocycles. The summed E-state index contributed by atoms with van der Waals surface area (Å²) in [5, 5.41) is 0. The highest BCUT2D eigenvalue weighted by Gasteiger charge is 2.03. The fraction of sp³-hybridized carbons (Fsp3) is 0.133. The van der Waals surface area contributed by atoms with Crippen molar-refractivity contribution in [2.45, 2.75) is 13.5 Å². The SMILES string of the molecule is CC=Cc1ccccc1Oc1cc(CN)ccn1. The quantitative estimate of drug-likeness (QED) is 0.891. The molecule has 3 nitrogen and oxygen atoms in total. The van der Waals surface area contributed by atoms with E-state index in [1.807, 2.05) is 55.5 Å². The normalized spacial score (nSPS) is 10.8. The molecule has 0 radical (unpaired) electrons. The maximum absolute atomic E-state index is 5.79. The van der Waals surface area contributed by atoms with Crippen LogP contribution >= 0.6 is 0 Å². The van der Waals surface area contributed by atoms with Gasteiger partial charge in [-0.2, -0.15) is 0 Å². The molecule has 2 N–H and O–H groups in total. The smallest absolute Gasteiger partial charge is 0.219 e. The van der Waals surface area contributed by atoms with Gasteiger partial charge in [-0.1, -0.05) is 30.4 Å². The molecule has 2 rings (SSSR count). The van der Waals surface area contributed by atoms with Gasteiger partial charge < -0.3 is 10.5 Å². The van der Waals surface area contributed by atoms with Crippen LogP contribution in [-0.4, -0.2) is 4.98 Å². The first-order chi connectivity index (χ1) is 8.83. The van der Waals surface area contributed by atoms with Crippen molar-refractivity contribution in [1.82, 2.24) is 4.98 Å². The molecule has 0 unspecified atom stereocenters. The molecule has 1 heterocycles. The van der Waals surface area contributed by atoms with Gasteiger partial charge in [-0.25, -0.2) is 4.98 Å². The van der Waals surface area contributed by atoms with Crippen LogP contribution in [0.3, 0.4) is 0 Å². The lowest BCUT2D eigenvalue weighted by Gasteiger charge is -2.08. The summed E-state index contributed by atoms with van der Waals surface area (Å²) in [6, 6.07) is 11.6. The van der Waals surface area contributed by atoms with E-state index < -0.39 is 0 Å². The Hall–Kier alpha value is -2.13. The van der Waals surface area contributed by atoms with E-state index >= 15 is 0 Å². The van der Waals surface area contributed by atoms with Crippen molar-refractivity contribution in [3.63, 3.8) is 0 Å². The van der Waals surface area contributed by atoms with E-state index in [-0.39, 0.29) is 0 Å². The number of para-hydroxylation sites is 1. The first kappa shape index (κ1) is 12.3. The zero-order valence-corrected chi connectivity index (χ0v) is 10.3. The summed E-state index contributed by atoms with van der Waals surface area (Å²) in [6.07, 6.45) is 5.68. The number of hydrogen-bond acceptors (Lipinski definition) is 3. The standard InChI is InChI=1S/C15H16N2O/c1-2-5-13-6-3-4-7-14(13)18-15-10-12(11-16)8-9-17-15/h2-10H,11,16H2,1H3. The molecule has 0 atom stereocenters. The number of benzene rings is 1. The van der Waals surface area contributed by atoms with Gasteiger partial charge in [-0.3, -0.25) is 0 Å². The fourth-order valence-corrected chi connectivity index (χ4v) is 1.64. The molecule has 0 amide bonds. The third-order valence-corrected chi connectivity index (χ3v) is 2.51. The van der Waals surface area contributed by atoms with E-state index in [9.17, 15) is 0 Å². The number of rotatable bonds is 4. The van der Waals surface area contributed by atoms with E-state index in [0.29, 0.717) is 12.4 Å². The van der Waals surface area contributed by atoms with Crippen molar-refractivity contribution in [2.24, 2.45) is 5.73 Å². The van der Waals surface area contributed by atoms with Crippen LogP contribution in [0, 0.1) is 0 Å². The Balaban J connectivity index is 2.27. The number of nitrogens with zero attached hydrogens (tertiary/aromatic N) is 1. The first-order valence-electron chi connectivity index (χ1n) is 5.88. The van der Waals surface area contributed by atoms with Gasteiger partial charge in [0.05, 0.1) is 0 Å². The molecule has 1 aromatic carbocycles. The number of ether oxygens (including phenoxy) is 1. The number of aromatic nitrogens is 1. The van der Waals surface area contributed by atoms with Gasteiger partial charge in [0.1, 0.15) is 5.75 Å². The van der Waals surface area contributed by atoms with Gasteiger partial charge in [-0.05, 0) is 24.6 Å². The summed E-state index contributed by atoms with van der Waals surface area (Å²) in [5.41, 5.74) is 7.63. The van der Waals surface area contributed by atoms with Gasteiger partial charge >= 0.3 is 0 Å². The summed E-state index contributed by atoms with van der Waals surface area (Å²) in [7, 11) is 0. The molecule has 3 heteroatoms. The zero-order chi connectivity index (χ0) is 12.8. The predicted molar refractivity (Wildman–Crippen MR) is 73.4 cm³/mol. The first-order valence-corrected chi connectivity index (χ1v) is 5.88. The Kier molecular flexibility index (Phi) is 4.10. The van der Waals surface area contributed by atoms with E-state index in [2.05, 4.69) is 4.98 Å². The van der Waals surface area contributed by atoms with Crippen LogP contribution in [0.15, 0.2) is 48.7 Å². The molecule has 92 valence electrons. The van der Waals surface area contributed by atoms with E-state index in [0.717, 1.165) is 16.9 Å². The lowest BCUT2D eigenvalue weighted by atomic mass is 10.2. The average Bonchev–Trinajstić information content (AvgIpc) is 2.41. The summed E-state index contributed by atoms with van der Waals surface area (Å²) >= 11 is 0. The Morgan fingerprint density at radius 2 is 2.11 bits per heavy atom. The Labute approximate surface area is 107 Å². The second-order valence-electron chi connectivity index (χ2n) is 3.85. The van der Waals surface area contributed by atoms with Crippen molar-refractivity contribution in [3.8, 4) is 11.6 Å². The van der Waals surface area contributed by atoms with Crippen molar-refractivity contribution in [1.29, 1.82) is 0 Å². The predicted octanol–water partition coefficient (Wildman–Crippen LogP) is 3.37. The third kappa shape index (κ3) is 2.96. The molecular weight excluding hydrogens is 224 g/mol. The van der Waals surface area contributed by atoms with Crippen molar-refractivity contribution >= 4 is 6.08 Å². The number of hydrogen-bond donors (Lipinski definition) is 1. The number of nitrogens with two attached hydrogens (primary N) is 1. The molecule has 0 aliphatic heterocycles. The number of pyridine rings is 1. The molecule has 0 saturated carbocycles. The molecule has 1 aromatic heterocycles. The zero-order valence-electron chi connectivity index (χ0n) is 10.3. The minimum atomic E-state index is 0.482. The van der Waals surface area contributed by atoms with Crippen LogP contribution in [0.1, 0.15) is 18.1 Å². The van der Waals surface area contributed by atoms with E-state index in [4.69, 9.17) is 10.5 Å². The summed E-state index contributed by atoms with van der Waals surface area (Å²) in [5.74, 6) is 1.35. The van der Waals surface area contributed by atoms with Crippen molar-refractivity contribution in [2.75, 3.05) is 0 Å². The molecule has 0 fully saturated rings.